The van der Waals surface area contributed by atoms with Crippen LogP contribution in [0.1, 0.15) is 19.0 Å². The van der Waals surface area contributed by atoms with Gasteiger partial charge in [0.25, 0.3) is 0 Å². The van der Waals surface area contributed by atoms with Crippen molar-refractivity contribution in [1.82, 2.24) is 14.9 Å². The van der Waals surface area contributed by atoms with Crippen molar-refractivity contribution in [3.8, 4) is 16.2 Å². The van der Waals surface area contributed by atoms with E-state index in [0.29, 0.717) is 16.7 Å². The van der Waals surface area contributed by atoms with Crippen LogP contribution in [0.2, 0.25) is 0 Å². The maximum atomic E-state index is 12.1. The van der Waals surface area contributed by atoms with Crippen LogP contribution in [0.15, 0.2) is 61.3 Å². The lowest BCUT2D eigenvalue weighted by Crippen LogP contribution is -2.56. The molecule has 3 rings (SSSR count). The summed E-state index contributed by atoms with van der Waals surface area (Å²) in [5, 5.41) is 3.93. The monoisotopic (exact) mass is 465 g/mol. The second-order valence-electron chi connectivity index (χ2n) is 7.69. The number of amides is 2. The number of anilines is 2. The highest BCUT2D eigenvalue weighted by molar-refractivity contribution is 7.18. The zero-order valence-corrected chi connectivity index (χ0v) is 19.7. The van der Waals surface area contributed by atoms with Gasteiger partial charge in [-0.05, 0) is 25.5 Å². The largest absolute Gasteiger partial charge is 0.493 e. The minimum Gasteiger partial charge on any atom is -0.493 e. The SMILES string of the molecule is C=CC(=O)N(C)C(C)(CCOc1cc(C)nc(Nc2ncc(-c3ccccc3)s2)c1)C(N)=O. The fraction of sp³-hybridized carbons (Fsp3) is 0.250. The summed E-state index contributed by atoms with van der Waals surface area (Å²) < 4.78 is 5.88. The smallest absolute Gasteiger partial charge is 0.246 e. The normalized spacial score (nSPS) is 12.5. The first-order valence-electron chi connectivity index (χ1n) is 10.3. The number of thiazole rings is 1. The molecule has 0 aliphatic rings. The molecule has 9 heteroatoms. The number of ether oxygens (including phenoxy) is 1. The summed E-state index contributed by atoms with van der Waals surface area (Å²) in [6.07, 6.45) is 3.19. The van der Waals surface area contributed by atoms with E-state index in [1.165, 1.54) is 23.3 Å². The maximum absolute atomic E-state index is 12.1. The van der Waals surface area contributed by atoms with Gasteiger partial charge < -0.3 is 20.7 Å². The Morgan fingerprint density at radius 1 is 1.30 bits per heavy atom. The number of aromatic nitrogens is 2. The Morgan fingerprint density at radius 3 is 2.70 bits per heavy atom. The number of carbonyl (C=O) groups excluding carboxylic acids is 2. The van der Waals surface area contributed by atoms with Crippen molar-refractivity contribution in [2.24, 2.45) is 5.73 Å². The number of hydrogen-bond acceptors (Lipinski definition) is 7. The summed E-state index contributed by atoms with van der Waals surface area (Å²) >= 11 is 1.53. The molecule has 0 fully saturated rings. The molecule has 2 heterocycles. The molecule has 0 aliphatic carbocycles. The highest BCUT2D eigenvalue weighted by Gasteiger charge is 2.37. The average Bonchev–Trinajstić information content (AvgIpc) is 3.26. The molecule has 3 aromatic rings. The van der Waals surface area contributed by atoms with Gasteiger partial charge in [-0.2, -0.15) is 0 Å². The van der Waals surface area contributed by atoms with E-state index in [2.05, 4.69) is 21.9 Å². The van der Waals surface area contributed by atoms with E-state index < -0.39 is 11.4 Å². The number of nitrogens with one attached hydrogen (secondary N) is 1. The Kier molecular flexibility index (Phi) is 7.44. The lowest BCUT2D eigenvalue weighted by atomic mass is 9.95. The Labute approximate surface area is 197 Å². The van der Waals surface area contributed by atoms with Gasteiger partial charge in [0.15, 0.2) is 5.13 Å². The van der Waals surface area contributed by atoms with E-state index in [9.17, 15) is 9.59 Å². The third-order valence-electron chi connectivity index (χ3n) is 5.36. The highest BCUT2D eigenvalue weighted by Crippen LogP contribution is 2.31. The van der Waals surface area contributed by atoms with Crippen LogP contribution < -0.4 is 15.8 Å². The molecule has 33 heavy (non-hydrogen) atoms. The first-order chi connectivity index (χ1) is 15.7. The van der Waals surface area contributed by atoms with Crippen molar-refractivity contribution in [2.75, 3.05) is 19.0 Å². The molecule has 1 atom stereocenters. The molecule has 0 radical (unpaired) electrons. The van der Waals surface area contributed by atoms with E-state index >= 15 is 0 Å². The molecule has 0 bridgehead atoms. The van der Waals surface area contributed by atoms with Crippen molar-refractivity contribution in [1.29, 1.82) is 0 Å². The van der Waals surface area contributed by atoms with Gasteiger partial charge in [0.2, 0.25) is 11.8 Å². The molecule has 0 aliphatic heterocycles. The lowest BCUT2D eigenvalue weighted by Gasteiger charge is -2.35. The van der Waals surface area contributed by atoms with E-state index in [1.807, 2.05) is 43.5 Å². The average molecular weight is 466 g/mol. The summed E-state index contributed by atoms with van der Waals surface area (Å²) in [5.74, 6) is 0.167. The van der Waals surface area contributed by atoms with Crippen LogP contribution in [0.5, 0.6) is 5.75 Å². The van der Waals surface area contributed by atoms with Crippen LogP contribution in [-0.4, -0.2) is 45.9 Å². The highest BCUT2D eigenvalue weighted by atomic mass is 32.1. The van der Waals surface area contributed by atoms with Crippen LogP contribution in [0.4, 0.5) is 10.9 Å². The van der Waals surface area contributed by atoms with E-state index in [4.69, 9.17) is 10.5 Å². The molecule has 0 spiro atoms. The minimum atomic E-state index is -1.21. The summed E-state index contributed by atoms with van der Waals surface area (Å²) in [6.45, 7) is 7.10. The zero-order chi connectivity index (χ0) is 24.0. The summed E-state index contributed by atoms with van der Waals surface area (Å²) in [5.41, 5.74) is 6.22. The number of nitrogens with two attached hydrogens (primary N) is 1. The van der Waals surface area contributed by atoms with Crippen LogP contribution in [-0.2, 0) is 9.59 Å². The second kappa shape index (κ2) is 10.3. The molecule has 1 unspecified atom stereocenters. The topological polar surface area (TPSA) is 110 Å². The van der Waals surface area contributed by atoms with Crippen molar-refractivity contribution in [3.63, 3.8) is 0 Å². The van der Waals surface area contributed by atoms with Crippen LogP contribution in [0.25, 0.3) is 10.4 Å². The van der Waals surface area contributed by atoms with Crippen molar-refractivity contribution in [3.05, 3.63) is 67.0 Å². The predicted molar refractivity (Wildman–Crippen MR) is 130 cm³/mol. The molecule has 0 saturated carbocycles. The minimum absolute atomic E-state index is 0.173. The Bertz CT molecular complexity index is 1150. The second-order valence-corrected chi connectivity index (χ2v) is 8.72. The number of primary amides is 1. The van der Waals surface area contributed by atoms with Gasteiger partial charge in [0, 0.05) is 37.5 Å². The molecule has 2 amide bonds. The molecule has 1 aromatic carbocycles. The van der Waals surface area contributed by atoms with Gasteiger partial charge in [-0.25, -0.2) is 9.97 Å². The molecular formula is C24H27N5O3S. The van der Waals surface area contributed by atoms with Gasteiger partial charge in [0.1, 0.15) is 17.1 Å². The summed E-state index contributed by atoms with van der Waals surface area (Å²) in [7, 11) is 1.52. The van der Waals surface area contributed by atoms with Crippen LogP contribution in [0.3, 0.4) is 0 Å². The van der Waals surface area contributed by atoms with E-state index in [1.54, 1.807) is 19.1 Å². The number of likely N-dealkylation sites (N-methyl/N-ethyl adjacent to an activating group) is 1. The van der Waals surface area contributed by atoms with Gasteiger partial charge in [-0.3, -0.25) is 9.59 Å². The standard InChI is InChI=1S/C24H27N5O3S/c1-5-21(30)29(4)24(3,22(25)31)11-12-32-18-13-16(2)27-20(14-18)28-23-26-15-19(33-23)17-9-7-6-8-10-17/h5-10,13-15H,1,11-12H2,2-4H3,(H2,25,31)(H,26,27,28). The zero-order valence-electron chi connectivity index (χ0n) is 18.9. The Morgan fingerprint density at radius 2 is 2.03 bits per heavy atom. The van der Waals surface area contributed by atoms with Crippen molar-refractivity contribution < 1.29 is 14.3 Å². The van der Waals surface area contributed by atoms with Gasteiger partial charge in [-0.1, -0.05) is 48.2 Å². The number of pyridine rings is 1. The number of carbonyl (C=O) groups is 2. The van der Waals surface area contributed by atoms with Crippen molar-refractivity contribution in [2.45, 2.75) is 25.8 Å². The fourth-order valence-corrected chi connectivity index (χ4v) is 3.99. The summed E-state index contributed by atoms with van der Waals surface area (Å²) in [4.78, 5) is 35.3. The number of nitrogens with zero attached hydrogens (tertiary/aromatic N) is 3. The van der Waals surface area contributed by atoms with Gasteiger partial charge in [-0.15, -0.1) is 0 Å². The predicted octanol–water partition coefficient (Wildman–Crippen LogP) is 3.91. The van der Waals surface area contributed by atoms with E-state index in [-0.39, 0.29) is 18.9 Å². The third kappa shape index (κ3) is 5.75. The fourth-order valence-electron chi connectivity index (χ4n) is 3.17. The molecule has 172 valence electrons. The van der Waals surface area contributed by atoms with Crippen LogP contribution >= 0.6 is 11.3 Å². The molecule has 0 saturated heterocycles. The number of rotatable bonds is 10. The number of benzene rings is 1. The molecule has 8 nitrogen and oxygen atoms in total. The first-order valence-corrected chi connectivity index (χ1v) is 11.1. The lowest BCUT2D eigenvalue weighted by molar-refractivity contribution is -0.141. The Hall–Kier alpha value is -3.72. The van der Waals surface area contributed by atoms with Gasteiger partial charge >= 0.3 is 0 Å². The molecule has 2 aromatic heterocycles. The number of aryl methyl sites for hydroxylation is 1. The molecule has 3 N–H and O–H groups in total. The Balaban J connectivity index is 1.68. The first kappa shape index (κ1) is 23.9. The summed E-state index contributed by atoms with van der Waals surface area (Å²) in [6, 6.07) is 13.6. The maximum Gasteiger partial charge on any atom is 0.246 e. The third-order valence-corrected chi connectivity index (χ3v) is 6.32. The van der Waals surface area contributed by atoms with Crippen LogP contribution in [0, 0.1) is 6.92 Å². The number of hydrogen-bond donors (Lipinski definition) is 2. The van der Waals surface area contributed by atoms with Crippen molar-refractivity contribution >= 4 is 34.1 Å². The molecular weight excluding hydrogens is 438 g/mol. The quantitative estimate of drug-likeness (QED) is 0.439. The van der Waals surface area contributed by atoms with E-state index in [0.717, 1.165) is 22.2 Å². The van der Waals surface area contributed by atoms with Gasteiger partial charge in [0.05, 0.1) is 11.5 Å².